The SMILES string of the molecule is C.CC#Cc1ccc([C@H]2C[C@H]3CCC(C2C(=O)OC)N3C)cc1. The second-order valence-electron chi connectivity index (χ2n) is 6.35. The van der Waals surface area contributed by atoms with Gasteiger partial charge in [-0.15, -0.1) is 5.92 Å². The molecule has 0 N–H and O–H groups in total. The largest absolute Gasteiger partial charge is 0.469 e. The summed E-state index contributed by atoms with van der Waals surface area (Å²) in [4.78, 5) is 14.8. The number of methoxy groups -OCH3 is 1. The number of rotatable bonds is 2. The first-order chi connectivity index (χ1) is 10.7. The van der Waals surface area contributed by atoms with E-state index < -0.39 is 0 Å². The van der Waals surface area contributed by atoms with Crippen LogP contribution in [0.4, 0.5) is 0 Å². The van der Waals surface area contributed by atoms with Crippen molar-refractivity contribution in [1.82, 2.24) is 4.90 Å². The van der Waals surface area contributed by atoms with Crippen LogP contribution in [0.3, 0.4) is 0 Å². The summed E-state index contributed by atoms with van der Waals surface area (Å²) >= 11 is 0. The zero-order valence-electron chi connectivity index (χ0n) is 13.5. The zero-order valence-corrected chi connectivity index (χ0v) is 13.5. The third-order valence-electron chi connectivity index (χ3n) is 5.35. The van der Waals surface area contributed by atoms with Gasteiger partial charge in [0.1, 0.15) is 0 Å². The minimum atomic E-state index is -0.0698. The maximum atomic E-state index is 12.4. The molecule has 2 fully saturated rings. The van der Waals surface area contributed by atoms with E-state index in [9.17, 15) is 4.79 Å². The second kappa shape index (κ2) is 7.19. The highest BCUT2D eigenvalue weighted by Gasteiger charge is 2.49. The van der Waals surface area contributed by atoms with Gasteiger partial charge in [-0.25, -0.2) is 0 Å². The van der Waals surface area contributed by atoms with Crippen molar-refractivity contribution < 1.29 is 9.53 Å². The molecule has 2 saturated heterocycles. The fourth-order valence-corrected chi connectivity index (χ4v) is 4.22. The number of hydrogen-bond acceptors (Lipinski definition) is 3. The molecular weight excluding hydrogens is 286 g/mol. The number of benzene rings is 1. The van der Waals surface area contributed by atoms with Crippen LogP contribution in [0.25, 0.3) is 0 Å². The molecule has 1 aromatic rings. The van der Waals surface area contributed by atoms with Crippen LogP contribution in [-0.4, -0.2) is 37.1 Å². The summed E-state index contributed by atoms with van der Waals surface area (Å²) in [5.41, 5.74) is 2.26. The highest BCUT2D eigenvalue weighted by molar-refractivity contribution is 5.75. The fraction of sp³-hybridized carbons (Fsp3) is 0.550. The lowest BCUT2D eigenvalue weighted by atomic mass is 9.76. The summed E-state index contributed by atoms with van der Waals surface area (Å²) in [7, 11) is 3.65. The predicted octanol–water partition coefficient (Wildman–Crippen LogP) is 3.43. The van der Waals surface area contributed by atoms with Crippen molar-refractivity contribution in [3.63, 3.8) is 0 Å². The zero-order chi connectivity index (χ0) is 15.7. The van der Waals surface area contributed by atoms with E-state index in [1.54, 1.807) is 0 Å². The number of esters is 1. The van der Waals surface area contributed by atoms with Crippen LogP contribution in [0.15, 0.2) is 24.3 Å². The molecule has 0 saturated carbocycles. The lowest BCUT2D eigenvalue weighted by Crippen LogP contribution is -2.49. The van der Waals surface area contributed by atoms with Gasteiger partial charge in [0.2, 0.25) is 0 Å². The van der Waals surface area contributed by atoms with Gasteiger partial charge in [-0.2, -0.15) is 0 Å². The van der Waals surface area contributed by atoms with Crippen LogP contribution < -0.4 is 0 Å². The van der Waals surface area contributed by atoms with Crippen LogP contribution in [-0.2, 0) is 9.53 Å². The van der Waals surface area contributed by atoms with E-state index in [1.165, 1.54) is 19.1 Å². The molecule has 2 bridgehead atoms. The molecule has 0 aromatic heterocycles. The van der Waals surface area contributed by atoms with Gasteiger partial charge in [-0.3, -0.25) is 9.69 Å². The molecule has 124 valence electrons. The first-order valence-corrected chi connectivity index (χ1v) is 7.98. The van der Waals surface area contributed by atoms with Crippen molar-refractivity contribution in [3.05, 3.63) is 35.4 Å². The van der Waals surface area contributed by atoms with Crippen LogP contribution in [0.2, 0.25) is 0 Å². The van der Waals surface area contributed by atoms with Gasteiger partial charge in [-0.1, -0.05) is 25.5 Å². The maximum absolute atomic E-state index is 12.4. The topological polar surface area (TPSA) is 29.5 Å². The Hall–Kier alpha value is -1.79. The Morgan fingerprint density at radius 1 is 1.26 bits per heavy atom. The van der Waals surface area contributed by atoms with Crippen molar-refractivity contribution in [2.75, 3.05) is 14.2 Å². The highest BCUT2D eigenvalue weighted by atomic mass is 16.5. The first kappa shape index (κ1) is 17.6. The Labute approximate surface area is 140 Å². The normalized spacial score (nSPS) is 29.2. The van der Waals surface area contributed by atoms with Crippen LogP contribution in [0.1, 0.15) is 50.7 Å². The number of ether oxygens (including phenoxy) is 1. The van der Waals surface area contributed by atoms with Gasteiger partial charge in [0.15, 0.2) is 0 Å². The summed E-state index contributed by atoms with van der Waals surface area (Å²) in [5.74, 6) is 6.11. The molecule has 23 heavy (non-hydrogen) atoms. The van der Waals surface area contributed by atoms with Crippen molar-refractivity contribution in [3.8, 4) is 11.8 Å². The van der Waals surface area contributed by atoms with E-state index >= 15 is 0 Å². The van der Waals surface area contributed by atoms with E-state index in [0.717, 1.165) is 18.4 Å². The molecule has 1 aromatic carbocycles. The number of fused-ring (bicyclic) bond motifs is 2. The first-order valence-electron chi connectivity index (χ1n) is 7.98. The van der Waals surface area contributed by atoms with Crippen LogP contribution in [0.5, 0.6) is 0 Å². The summed E-state index contributed by atoms with van der Waals surface area (Å²) in [6, 6.07) is 9.27. The average Bonchev–Trinajstić information content (AvgIpc) is 2.77. The molecule has 2 heterocycles. The van der Waals surface area contributed by atoms with Crippen molar-refractivity contribution in [1.29, 1.82) is 0 Å². The van der Waals surface area contributed by atoms with Crippen molar-refractivity contribution >= 4 is 5.97 Å². The van der Waals surface area contributed by atoms with Crippen LogP contribution >= 0.6 is 0 Å². The van der Waals surface area contributed by atoms with Crippen LogP contribution in [0, 0.1) is 17.8 Å². The van der Waals surface area contributed by atoms with Gasteiger partial charge in [0, 0.05) is 23.6 Å². The lowest BCUT2D eigenvalue weighted by Gasteiger charge is -2.41. The van der Waals surface area contributed by atoms with E-state index in [4.69, 9.17) is 4.74 Å². The van der Waals surface area contributed by atoms with E-state index in [1.807, 2.05) is 6.92 Å². The molecular formula is C20H27NO2. The molecule has 4 atom stereocenters. The molecule has 3 rings (SSSR count). The molecule has 0 aliphatic carbocycles. The van der Waals surface area contributed by atoms with E-state index in [2.05, 4.69) is 48.1 Å². The standard InChI is InChI=1S/C19H23NO2.CH4/c1-4-5-13-6-8-14(9-7-13)16-12-15-10-11-17(20(15)2)18(16)19(21)22-3;/h6-9,15-18H,10-12H2,1-3H3;1H4/t15-,16-,17?,18?;/m1./s1. The molecule has 2 unspecified atom stereocenters. The van der Waals surface area contributed by atoms with Gasteiger partial charge in [0.25, 0.3) is 0 Å². The Kier molecular flexibility index (Phi) is 5.49. The third kappa shape index (κ3) is 3.14. The number of piperidine rings is 1. The molecule has 0 radical (unpaired) electrons. The smallest absolute Gasteiger partial charge is 0.310 e. The fourth-order valence-electron chi connectivity index (χ4n) is 4.22. The minimum Gasteiger partial charge on any atom is -0.469 e. The van der Waals surface area contributed by atoms with Gasteiger partial charge in [0.05, 0.1) is 13.0 Å². The van der Waals surface area contributed by atoms with Gasteiger partial charge < -0.3 is 4.74 Å². The van der Waals surface area contributed by atoms with Gasteiger partial charge in [-0.05, 0) is 50.9 Å². The third-order valence-corrected chi connectivity index (χ3v) is 5.35. The number of nitrogens with zero attached hydrogens (tertiary/aromatic N) is 1. The Morgan fingerprint density at radius 2 is 1.96 bits per heavy atom. The molecule has 2 aliphatic heterocycles. The maximum Gasteiger partial charge on any atom is 0.310 e. The number of carbonyl (C=O) groups is 1. The van der Waals surface area contributed by atoms with E-state index in [-0.39, 0.29) is 25.2 Å². The number of hydrogen-bond donors (Lipinski definition) is 0. The lowest BCUT2D eigenvalue weighted by molar-refractivity contribution is -0.150. The molecule has 0 amide bonds. The van der Waals surface area contributed by atoms with Crippen molar-refractivity contribution in [2.45, 2.75) is 51.6 Å². The summed E-state index contributed by atoms with van der Waals surface area (Å²) in [6.07, 6.45) is 3.31. The highest BCUT2D eigenvalue weighted by Crippen LogP contribution is 2.46. The summed E-state index contributed by atoms with van der Waals surface area (Å²) < 4.78 is 5.11. The second-order valence-corrected chi connectivity index (χ2v) is 6.35. The molecule has 0 spiro atoms. The average molecular weight is 313 g/mol. The summed E-state index contributed by atoms with van der Waals surface area (Å²) in [5, 5.41) is 0. The summed E-state index contributed by atoms with van der Waals surface area (Å²) in [6.45, 7) is 1.84. The van der Waals surface area contributed by atoms with Gasteiger partial charge >= 0.3 is 5.97 Å². The molecule has 3 heteroatoms. The monoisotopic (exact) mass is 313 g/mol. The Bertz CT molecular complexity index is 611. The van der Waals surface area contributed by atoms with Crippen molar-refractivity contribution in [2.24, 2.45) is 5.92 Å². The Balaban J connectivity index is 0.00000192. The van der Waals surface area contributed by atoms with E-state index in [0.29, 0.717) is 12.1 Å². The number of carbonyl (C=O) groups excluding carboxylic acids is 1. The quantitative estimate of drug-likeness (QED) is 0.619. The predicted molar refractivity (Wildman–Crippen MR) is 93.2 cm³/mol. The molecule has 3 nitrogen and oxygen atoms in total. The Morgan fingerprint density at radius 3 is 2.57 bits per heavy atom. The minimum absolute atomic E-state index is 0. The molecule has 2 aliphatic rings.